The fourth-order valence-corrected chi connectivity index (χ4v) is 4.84. The van der Waals surface area contributed by atoms with Gasteiger partial charge < -0.3 is 9.84 Å². The van der Waals surface area contributed by atoms with E-state index in [0.29, 0.717) is 23.4 Å². The van der Waals surface area contributed by atoms with E-state index in [4.69, 9.17) is 16.1 Å². The SMILES string of the molecule is CC(C)CC1C(=O)NC(C2CCCC2)CN1Cc1cc(-c2ccc(Cl)cc2)on1. The molecule has 1 aromatic carbocycles. The van der Waals surface area contributed by atoms with Crippen LogP contribution in [0.3, 0.4) is 0 Å². The van der Waals surface area contributed by atoms with Gasteiger partial charge >= 0.3 is 0 Å². The van der Waals surface area contributed by atoms with Crippen LogP contribution in [-0.4, -0.2) is 34.6 Å². The van der Waals surface area contributed by atoms with Gasteiger partial charge in [0.05, 0.1) is 11.7 Å². The van der Waals surface area contributed by atoms with Crippen molar-refractivity contribution in [2.75, 3.05) is 6.54 Å². The molecular weight excluding hydrogens is 386 g/mol. The highest BCUT2D eigenvalue weighted by Gasteiger charge is 2.38. The molecule has 0 radical (unpaired) electrons. The second-order valence-electron chi connectivity index (χ2n) is 8.92. The molecule has 2 unspecified atom stereocenters. The van der Waals surface area contributed by atoms with Crippen LogP contribution in [0.5, 0.6) is 0 Å². The minimum absolute atomic E-state index is 0.108. The number of piperazine rings is 1. The van der Waals surface area contributed by atoms with E-state index in [1.54, 1.807) is 0 Å². The van der Waals surface area contributed by atoms with Gasteiger partial charge in [0.1, 0.15) is 0 Å². The molecule has 2 atom stereocenters. The van der Waals surface area contributed by atoms with Crippen molar-refractivity contribution < 1.29 is 9.32 Å². The standard InChI is InChI=1S/C23H30ClN3O2/c1-15(2)11-21-23(28)25-20(16-5-3-4-6-16)14-27(21)13-19-12-22(29-26-19)17-7-9-18(24)10-8-17/h7-10,12,15-16,20-21H,3-6,11,13-14H2,1-2H3,(H,25,28). The predicted octanol–water partition coefficient (Wildman–Crippen LogP) is 4.90. The number of nitrogens with zero attached hydrogens (tertiary/aromatic N) is 2. The molecule has 0 bridgehead atoms. The van der Waals surface area contributed by atoms with Gasteiger partial charge in [-0.05, 0) is 55.4 Å². The Morgan fingerprint density at radius 3 is 2.66 bits per heavy atom. The van der Waals surface area contributed by atoms with Crippen LogP contribution >= 0.6 is 11.6 Å². The maximum Gasteiger partial charge on any atom is 0.237 e. The maximum absolute atomic E-state index is 12.9. The van der Waals surface area contributed by atoms with Gasteiger partial charge in [0, 0.05) is 35.8 Å². The van der Waals surface area contributed by atoms with Gasteiger partial charge in [-0.3, -0.25) is 9.69 Å². The van der Waals surface area contributed by atoms with E-state index in [1.807, 2.05) is 30.3 Å². The summed E-state index contributed by atoms with van der Waals surface area (Å²) in [5, 5.41) is 8.31. The van der Waals surface area contributed by atoms with Crippen molar-refractivity contribution in [3.8, 4) is 11.3 Å². The average Bonchev–Trinajstić information content (AvgIpc) is 3.37. The molecule has 0 spiro atoms. The monoisotopic (exact) mass is 415 g/mol. The number of hydrogen-bond donors (Lipinski definition) is 1. The first-order valence-electron chi connectivity index (χ1n) is 10.8. The summed E-state index contributed by atoms with van der Waals surface area (Å²) in [7, 11) is 0. The fourth-order valence-electron chi connectivity index (χ4n) is 4.72. The average molecular weight is 416 g/mol. The third kappa shape index (κ3) is 4.84. The quantitative estimate of drug-likeness (QED) is 0.728. The minimum Gasteiger partial charge on any atom is -0.356 e. The summed E-state index contributed by atoms with van der Waals surface area (Å²) in [6, 6.07) is 9.67. The largest absolute Gasteiger partial charge is 0.356 e. The fraction of sp³-hybridized carbons (Fsp3) is 0.565. The lowest BCUT2D eigenvalue weighted by atomic mass is 9.91. The van der Waals surface area contributed by atoms with Crippen molar-refractivity contribution in [2.45, 2.75) is 64.6 Å². The van der Waals surface area contributed by atoms with E-state index in [2.05, 4.69) is 29.2 Å². The predicted molar refractivity (Wildman–Crippen MR) is 114 cm³/mol. The Morgan fingerprint density at radius 1 is 1.24 bits per heavy atom. The van der Waals surface area contributed by atoms with Crippen molar-refractivity contribution in [3.63, 3.8) is 0 Å². The highest BCUT2D eigenvalue weighted by atomic mass is 35.5. The summed E-state index contributed by atoms with van der Waals surface area (Å²) in [5.41, 5.74) is 1.82. The summed E-state index contributed by atoms with van der Waals surface area (Å²) in [6.07, 6.45) is 5.85. The van der Waals surface area contributed by atoms with Crippen molar-refractivity contribution in [1.29, 1.82) is 0 Å². The number of nitrogens with one attached hydrogen (secondary N) is 1. The number of aromatic nitrogens is 1. The topological polar surface area (TPSA) is 58.4 Å². The van der Waals surface area contributed by atoms with Crippen LogP contribution in [0.25, 0.3) is 11.3 Å². The number of rotatable bonds is 6. The van der Waals surface area contributed by atoms with E-state index < -0.39 is 0 Å². The third-order valence-corrected chi connectivity index (χ3v) is 6.47. The molecule has 1 aromatic heterocycles. The van der Waals surface area contributed by atoms with Crippen LogP contribution in [-0.2, 0) is 11.3 Å². The van der Waals surface area contributed by atoms with E-state index in [-0.39, 0.29) is 18.0 Å². The molecular formula is C23H30ClN3O2. The molecule has 2 aromatic rings. The van der Waals surface area contributed by atoms with E-state index in [1.165, 1.54) is 25.7 Å². The molecule has 4 rings (SSSR count). The number of amides is 1. The molecule has 2 fully saturated rings. The second kappa shape index (κ2) is 8.88. The van der Waals surface area contributed by atoms with Crippen LogP contribution in [0.1, 0.15) is 51.6 Å². The smallest absolute Gasteiger partial charge is 0.237 e. The molecule has 156 valence electrons. The minimum atomic E-state index is -0.108. The number of carbonyl (C=O) groups excluding carboxylic acids is 1. The molecule has 1 amide bonds. The Bertz CT molecular complexity index is 827. The van der Waals surface area contributed by atoms with Crippen LogP contribution in [0.15, 0.2) is 34.9 Å². The van der Waals surface area contributed by atoms with E-state index in [0.717, 1.165) is 30.0 Å². The highest BCUT2D eigenvalue weighted by Crippen LogP contribution is 2.31. The van der Waals surface area contributed by atoms with Gasteiger partial charge in [-0.25, -0.2) is 0 Å². The van der Waals surface area contributed by atoms with Crippen molar-refractivity contribution in [2.24, 2.45) is 11.8 Å². The zero-order chi connectivity index (χ0) is 20.4. The number of carbonyl (C=O) groups is 1. The Morgan fingerprint density at radius 2 is 1.97 bits per heavy atom. The summed E-state index contributed by atoms with van der Waals surface area (Å²) in [4.78, 5) is 15.3. The molecule has 1 aliphatic carbocycles. The van der Waals surface area contributed by atoms with Crippen LogP contribution in [0.4, 0.5) is 0 Å². The van der Waals surface area contributed by atoms with Gasteiger partial charge in [-0.2, -0.15) is 0 Å². The lowest BCUT2D eigenvalue weighted by Gasteiger charge is -2.41. The normalized spacial score (nSPS) is 23.7. The lowest BCUT2D eigenvalue weighted by Crippen LogP contribution is -2.61. The molecule has 2 aliphatic rings. The Hall–Kier alpha value is -1.85. The molecule has 29 heavy (non-hydrogen) atoms. The summed E-state index contributed by atoms with van der Waals surface area (Å²) >= 11 is 5.98. The van der Waals surface area contributed by atoms with Gasteiger partial charge in [-0.1, -0.05) is 43.4 Å². The molecule has 1 N–H and O–H groups in total. The number of benzene rings is 1. The summed E-state index contributed by atoms with van der Waals surface area (Å²) in [6.45, 7) is 5.86. The van der Waals surface area contributed by atoms with E-state index >= 15 is 0 Å². The van der Waals surface area contributed by atoms with Crippen LogP contribution in [0, 0.1) is 11.8 Å². The zero-order valence-electron chi connectivity index (χ0n) is 17.2. The third-order valence-electron chi connectivity index (χ3n) is 6.22. The Labute approximate surface area is 177 Å². The molecule has 5 nitrogen and oxygen atoms in total. The first-order chi connectivity index (χ1) is 14.0. The molecule has 1 saturated carbocycles. The number of hydrogen-bond acceptors (Lipinski definition) is 4. The van der Waals surface area contributed by atoms with Crippen molar-refractivity contribution in [3.05, 3.63) is 41.0 Å². The van der Waals surface area contributed by atoms with Gasteiger partial charge in [0.25, 0.3) is 0 Å². The first-order valence-corrected chi connectivity index (χ1v) is 11.1. The first kappa shape index (κ1) is 20.4. The van der Waals surface area contributed by atoms with Crippen LogP contribution < -0.4 is 5.32 Å². The lowest BCUT2D eigenvalue weighted by molar-refractivity contribution is -0.132. The Kier molecular flexibility index (Phi) is 6.26. The van der Waals surface area contributed by atoms with E-state index in [9.17, 15) is 4.79 Å². The summed E-state index contributed by atoms with van der Waals surface area (Å²) < 4.78 is 5.58. The second-order valence-corrected chi connectivity index (χ2v) is 9.36. The van der Waals surface area contributed by atoms with Gasteiger partial charge in [0.15, 0.2) is 5.76 Å². The molecule has 6 heteroatoms. The van der Waals surface area contributed by atoms with Gasteiger partial charge in [0.2, 0.25) is 5.91 Å². The van der Waals surface area contributed by atoms with Gasteiger partial charge in [-0.15, -0.1) is 0 Å². The van der Waals surface area contributed by atoms with Crippen molar-refractivity contribution in [1.82, 2.24) is 15.4 Å². The van der Waals surface area contributed by atoms with Crippen molar-refractivity contribution >= 4 is 17.5 Å². The number of halogens is 1. The zero-order valence-corrected chi connectivity index (χ0v) is 18.0. The molecule has 1 saturated heterocycles. The Balaban J connectivity index is 1.51. The summed E-state index contributed by atoms with van der Waals surface area (Å²) in [5.74, 6) is 1.95. The highest BCUT2D eigenvalue weighted by molar-refractivity contribution is 6.30. The molecule has 2 heterocycles. The maximum atomic E-state index is 12.9. The molecule has 1 aliphatic heterocycles. The van der Waals surface area contributed by atoms with Crippen LogP contribution in [0.2, 0.25) is 5.02 Å².